The molecule has 0 unspecified atom stereocenters. The SMILES string of the molecule is Cc1ccc(O)c(CNc2nncn2Cc2ccccc2)n1. The first kappa shape index (κ1) is 14.1. The van der Waals surface area contributed by atoms with Gasteiger partial charge in [0.2, 0.25) is 5.95 Å². The van der Waals surface area contributed by atoms with Crippen molar-refractivity contribution in [1.29, 1.82) is 0 Å². The lowest BCUT2D eigenvalue weighted by molar-refractivity contribution is 0.464. The van der Waals surface area contributed by atoms with E-state index in [1.165, 1.54) is 5.56 Å². The minimum atomic E-state index is 0.173. The average molecular weight is 295 g/mol. The smallest absolute Gasteiger partial charge is 0.225 e. The van der Waals surface area contributed by atoms with Crippen LogP contribution >= 0.6 is 0 Å². The van der Waals surface area contributed by atoms with E-state index in [0.717, 1.165) is 5.69 Å². The molecule has 0 aliphatic heterocycles. The molecule has 2 heterocycles. The maximum absolute atomic E-state index is 9.82. The van der Waals surface area contributed by atoms with Gasteiger partial charge in [0, 0.05) is 5.69 Å². The fourth-order valence-electron chi connectivity index (χ4n) is 2.18. The molecule has 6 nitrogen and oxygen atoms in total. The molecule has 0 atom stereocenters. The number of hydrogen-bond acceptors (Lipinski definition) is 5. The molecule has 2 aromatic heterocycles. The summed E-state index contributed by atoms with van der Waals surface area (Å²) < 4.78 is 1.92. The number of benzene rings is 1. The van der Waals surface area contributed by atoms with Crippen molar-refractivity contribution in [1.82, 2.24) is 19.7 Å². The molecule has 22 heavy (non-hydrogen) atoms. The van der Waals surface area contributed by atoms with Crippen molar-refractivity contribution in [3.8, 4) is 5.75 Å². The molecule has 0 saturated heterocycles. The van der Waals surface area contributed by atoms with Gasteiger partial charge in [-0.15, -0.1) is 10.2 Å². The van der Waals surface area contributed by atoms with Crippen molar-refractivity contribution in [2.24, 2.45) is 0 Å². The Balaban J connectivity index is 1.71. The van der Waals surface area contributed by atoms with Gasteiger partial charge in [0.25, 0.3) is 0 Å². The zero-order chi connectivity index (χ0) is 15.4. The number of nitrogens with one attached hydrogen (secondary N) is 1. The highest BCUT2D eigenvalue weighted by molar-refractivity contribution is 5.33. The number of aromatic nitrogens is 4. The Labute approximate surface area is 128 Å². The van der Waals surface area contributed by atoms with Gasteiger partial charge in [0.05, 0.1) is 13.1 Å². The van der Waals surface area contributed by atoms with Crippen molar-refractivity contribution in [3.63, 3.8) is 0 Å². The summed E-state index contributed by atoms with van der Waals surface area (Å²) in [7, 11) is 0. The van der Waals surface area contributed by atoms with Crippen molar-refractivity contribution >= 4 is 5.95 Å². The van der Waals surface area contributed by atoms with Crippen LogP contribution in [-0.2, 0) is 13.1 Å². The van der Waals surface area contributed by atoms with Gasteiger partial charge in [0.1, 0.15) is 17.8 Å². The van der Waals surface area contributed by atoms with E-state index >= 15 is 0 Å². The third-order valence-electron chi connectivity index (χ3n) is 3.31. The Morgan fingerprint density at radius 2 is 1.95 bits per heavy atom. The molecule has 0 aliphatic carbocycles. The van der Waals surface area contributed by atoms with Gasteiger partial charge in [-0.25, -0.2) is 0 Å². The van der Waals surface area contributed by atoms with Crippen LogP contribution < -0.4 is 5.32 Å². The van der Waals surface area contributed by atoms with Crippen LogP contribution in [0.1, 0.15) is 17.0 Å². The minimum absolute atomic E-state index is 0.173. The highest BCUT2D eigenvalue weighted by atomic mass is 16.3. The molecule has 0 saturated carbocycles. The zero-order valence-electron chi connectivity index (χ0n) is 12.3. The van der Waals surface area contributed by atoms with Crippen LogP contribution in [-0.4, -0.2) is 24.9 Å². The van der Waals surface area contributed by atoms with Crippen LogP contribution in [0.4, 0.5) is 5.95 Å². The lowest BCUT2D eigenvalue weighted by Gasteiger charge is -2.09. The van der Waals surface area contributed by atoms with Gasteiger partial charge in [-0.2, -0.15) is 0 Å². The second-order valence-corrected chi connectivity index (χ2v) is 5.04. The van der Waals surface area contributed by atoms with Gasteiger partial charge in [0.15, 0.2) is 0 Å². The summed E-state index contributed by atoms with van der Waals surface area (Å²) in [6, 6.07) is 13.5. The first-order chi connectivity index (χ1) is 10.7. The molecule has 3 rings (SSSR count). The molecule has 0 amide bonds. The Kier molecular flexibility index (Phi) is 4.00. The molecule has 6 heteroatoms. The van der Waals surface area contributed by atoms with Gasteiger partial charge >= 0.3 is 0 Å². The first-order valence-corrected chi connectivity index (χ1v) is 7.03. The molecule has 0 bridgehead atoms. The highest BCUT2D eigenvalue weighted by Gasteiger charge is 2.07. The molecule has 1 aromatic carbocycles. The summed E-state index contributed by atoms with van der Waals surface area (Å²) >= 11 is 0. The maximum Gasteiger partial charge on any atom is 0.225 e. The number of anilines is 1. The number of aromatic hydroxyl groups is 1. The normalized spacial score (nSPS) is 10.6. The Hall–Kier alpha value is -2.89. The van der Waals surface area contributed by atoms with Crippen LogP contribution in [0.5, 0.6) is 5.75 Å². The third-order valence-corrected chi connectivity index (χ3v) is 3.31. The molecular formula is C16H17N5O. The number of rotatable bonds is 5. The van der Waals surface area contributed by atoms with Crippen molar-refractivity contribution in [3.05, 3.63) is 65.7 Å². The lowest BCUT2D eigenvalue weighted by Crippen LogP contribution is -2.09. The average Bonchev–Trinajstić information content (AvgIpc) is 2.96. The van der Waals surface area contributed by atoms with Crippen molar-refractivity contribution in [2.75, 3.05) is 5.32 Å². The van der Waals surface area contributed by atoms with Gasteiger partial charge < -0.3 is 10.4 Å². The Bertz CT molecular complexity index is 754. The van der Waals surface area contributed by atoms with E-state index in [0.29, 0.717) is 24.7 Å². The van der Waals surface area contributed by atoms with Crippen LogP contribution in [0.25, 0.3) is 0 Å². The summed E-state index contributed by atoms with van der Waals surface area (Å²) in [6.45, 7) is 2.96. The molecule has 0 radical (unpaired) electrons. The van der Waals surface area contributed by atoms with E-state index in [9.17, 15) is 5.11 Å². The Morgan fingerprint density at radius 1 is 1.14 bits per heavy atom. The van der Waals surface area contributed by atoms with Gasteiger partial charge in [-0.1, -0.05) is 30.3 Å². The third kappa shape index (κ3) is 3.22. The fraction of sp³-hybridized carbons (Fsp3) is 0.188. The van der Waals surface area contributed by atoms with E-state index in [2.05, 4.69) is 32.6 Å². The number of pyridine rings is 1. The quantitative estimate of drug-likeness (QED) is 0.755. The monoisotopic (exact) mass is 295 g/mol. The second-order valence-electron chi connectivity index (χ2n) is 5.04. The molecule has 112 valence electrons. The molecule has 3 aromatic rings. The topological polar surface area (TPSA) is 75.9 Å². The lowest BCUT2D eigenvalue weighted by atomic mass is 10.2. The van der Waals surface area contributed by atoms with E-state index in [4.69, 9.17) is 0 Å². The van der Waals surface area contributed by atoms with Crippen LogP contribution in [0, 0.1) is 6.92 Å². The van der Waals surface area contributed by atoms with Crippen molar-refractivity contribution in [2.45, 2.75) is 20.0 Å². The van der Waals surface area contributed by atoms with E-state index in [1.807, 2.05) is 29.7 Å². The molecule has 0 spiro atoms. The van der Waals surface area contributed by atoms with Crippen LogP contribution in [0.15, 0.2) is 48.8 Å². The molecular weight excluding hydrogens is 278 g/mol. The standard InChI is InChI=1S/C16H17N5O/c1-12-7-8-15(22)14(19-12)9-17-16-20-18-11-21(16)10-13-5-3-2-4-6-13/h2-8,11,22H,9-10H2,1H3,(H,17,20). The van der Waals surface area contributed by atoms with E-state index in [1.54, 1.807) is 18.5 Å². The summed E-state index contributed by atoms with van der Waals surface area (Å²) in [6.07, 6.45) is 1.68. The maximum atomic E-state index is 9.82. The predicted molar refractivity (Wildman–Crippen MR) is 83.5 cm³/mol. The number of nitrogens with zero attached hydrogens (tertiary/aromatic N) is 4. The largest absolute Gasteiger partial charge is 0.506 e. The molecule has 0 aliphatic rings. The summed E-state index contributed by atoms with van der Waals surface area (Å²) in [5.74, 6) is 0.818. The van der Waals surface area contributed by atoms with E-state index < -0.39 is 0 Å². The van der Waals surface area contributed by atoms with Crippen LogP contribution in [0.2, 0.25) is 0 Å². The van der Waals surface area contributed by atoms with Crippen LogP contribution in [0.3, 0.4) is 0 Å². The van der Waals surface area contributed by atoms with Crippen molar-refractivity contribution < 1.29 is 5.11 Å². The Morgan fingerprint density at radius 3 is 2.77 bits per heavy atom. The van der Waals surface area contributed by atoms with Gasteiger partial charge in [-0.05, 0) is 24.6 Å². The molecule has 0 fully saturated rings. The summed E-state index contributed by atoms with van der Waals surface area (Å²) in [5.41, 5.74) is 2.62. The predicted octanol–water partition coefficient (Wildman–Crippen LogP) is 2.35. The first-order valence-electron chi connectivity index (χ1n) is 7.03. The molecule has 2 N–H and O–H groups in total. The van der Waals surface area contributed by atoms with Gasteiger partial charge in [-0.3, -0.25) is 9.55 Å². The minimum Gasteiger partial charge on any atom is -0.506 e. The highest BCUT2D eigenvalue weighted by Crippen LogP contribution is 2.16. The summed E-state index contributed by atoms with van der Waals surface area (Å²) in [4.78, 5) is 4.32. The number of hydrogen-bond donors (Lipinski definition) is 2. The number of aryl methyl sites for hydroxylation is 1. The summed E-state index contributed by atoms with van der Waals surface area (Å²) in [5, 5.41) is 21.0. The second kappa shape index (κ2) is 6.26. The van der Waals surface area contributed by atoms with E-state index in [-0.39, 0.29) is 5.75 Å². The fourth-order valence-corrected chi connectivity index (χ4v) is 2.18. The zero-order valence-corrected chi connectivity index (χ0v) is 12.3.